The molecule has 0 saturated carbocycles. The smallest absolute Gasteiger partial charge is 0.248 e. The van der Waals surface area contributed by atoms with Crippen LogP contribution in [0.4, 0.5) is 0 Å². The van der Waals surface area contributed by atoms with Crippen molar-refractivity contribution in [2.75, 3.05) is 55.4 Å². The second kappa shape index (κ2) is 35.7. The zero-order valence-corrected chi connectivity index (χ0v) is 57.1. The van der Waals surface area contributed by atoms with Gasteiger partial charge in [0, 0.05) is 48.8 Å². The summed E-state index contributed by atoms with van der Waals surface area (Å²) >= 11 is 0. The molecule has 0 aromatic heterocycles. The van der Waals surface area contributed by atoms with Gasteiger partial charge in [-0.25, -0.2) is 0 Å². The molecule has 24 heteroatoms. The minimum Gasteiger partial charge on any atom is -0.394 e. The van der Waals surface area contributed by atoms with Gasteiger partial charge < -0.3 is 65.8 Å². The number of hydrogen-bond acceptors (Lipinski definition) is 13. The van der Waals surface area contributed by atoms with Crippen LogP contribution in [0.5, 0.6) is 0 Å². The molecular formula is C63H113N11O13. The van der Waals surface area contributed by atoms with Crippen molar-refractivity contribution in [3.05, 3.63) is 12.2 Å². The predicted octanol–water partition coefficient (Wildman–Crippen LogP) is 2.63. The molecule has 87 heavy (non-hydrogen) atoms. The molecule has 13 atom stereocenters. The number of nitrogens with one attached hydrogen (secondary N) is 4. The van der Waals surface area contributed by atoms with Gasteiger partial charge in [-0.1, -0.05) is 109 Å². The van der Waals surface area contributed by atoms with Crippen molar-refractivity contribution < 1.29 is 63.0 Å². The maximum Gasteiger partial charge on any atom is 0.248 e. The molecule has 24 nitrogen and oxygen atoms in total. The maximum atomic E-state index is 15.2. The van der Waals surface area contributed by atoms with Crippen LogP contribution in [-0.2, 0) is 52.7 Å². The first-order valence-corrected chi connectivity index (χ1v) is 31.3. The number of allylic oxidation sites excluding steroid dienone is 2. The third-order valence-electron chi connectivity index (χ3n) is 16.6. The Kier molecular flexibility index (Phi) is 32.4. The summed E-state index contributed by atoms with van der Waals surface area (Å²) < 4.78 is 0. The Bertz CT molecular complexity index is 2380. The van der Waals surface area contributed by atoms with E-state index >= 15 is 9.59 Å². The molecule has 1 heterocycles. The summed E-state index contributed by atoms with van der Waals surface area (Å²) in [5.74, 6) is -11.0. The Balaban J connectivity index is 4.43. The highest BCUT2D eigenvalue weighted by Gasteiger charge is 2.46. The number of carbonyl (C=O) groups is 11. The lowest BCUT2D eigenvalue weighted by atomic mass is 9.91. The Morgan fingerprint density at radius 3 is 1.31 bits per heavy atom. The van der Waals surface area contributed by atoms with Crippen LogP contribution in [0.25, 0.3) is 0 Å². The van der Waals surface area contributed by atoms with E-state index in [0.717, 1.165) is 9.80 Å². The molecule has 1 aliphatic heterocycles. The molecule has 1 fully saturated rings. The van der Waals surface area contributed by atoms with Crippen molar-refractivity contribution in [2.45, 2.75) is 229 Å². The van der Waals surface area contributed by atoms with Crippen molar-refractivity contribution in [3.8, 4) is 0 Å². The Morgan fingerprint density at radius 2 is 0.874 bits per heavy atom. The molecule has 0 radical (unpaired) electrons. The second-order valence-electron chi connectivity index (χ2n) is 26.2. The summed E-state index contributed by atoms with van der Waals surface area (Å²) in [5, 5.41) is 34.0. The van der Waals surface area contributed by atoms with Crippen LogP contribution in [0.2, 0.25) is 0 Å². The molecule has 6 N–H and O–H groups in total. The third kappa shape index (κ3) is 21.0. The van der Waals surface area contributed by atoms with Crippen LogP contribution in [0.1, 0.15) is 157 Å². The summed E-state index contributed by atoms with van der Waals surface area (Å²) in [7, 11) is 8.31. The number of amides is 11. The number of likely N-dealkylation sites (N-methyl/N-ethyl adjacent to an activating group) is 7. The van der Waals surface area contributed by atoms with Crippen molar-refractivity contribution in [1.29, 1.82) is 0 Å². The van der Waals surface area contributed by atoms with Gasteiger partial charge in [0.2, 0.25) is 65.0 Å². The molecule has 0 aromatic rings. The Labute approximate surface area is 520 Å². The van der Waals surface area contributed by atoms with E-state index in [2.05, 4.69) is 21.3 Å². The number of aliphatic hydroxyl groups excluding tert-OH is 2. The quantitative estimate of drug-likeness (QED) is 0.121. The van der Waals surface area contributed by atoms with Crippen molar-refractivity contribution >= 4 is 65.0 Å². The van der Waals surface area contributed by atoms with Gasteiger partial charge in [0.05, 0.1) is 12.7 Å². The van der Waals surface area contributed by atoms with Crippen LogP contribution >= 0.6 is 0 Å². The molecule has 3 unspecified atom stereocenters. The molecular weight excluding hydrogens is 1120 g/mol. The summed E-state index contributed by atoms with van der Waals surface area (Å²) in [5.41, 5.74) is 0. The van der Waals surface area contributed by atoms with Crippen molar-refractivity contribution in [2.24, 2.45) is 41.4 Å². The van der Waals surface area contributed by atoms with Crippen LogP contribution in [0, 0.1) is 41.4 Å². The van der Waals surface area contributed by atoms with Crippen LogP contribution in [0.3, 0.4) is 0 Å². The minimum atomic E-state index is -1.67. The zero-order valence-electron chi connectivity index (χ0n) is 57.1. The first-order chi connectivity index (χ1) is 40.2. The van der Waals surface area contributed by atoms with Gasteiger partial charge in [-0.3, -0.25) is 52.7 Å². The summed E-state index contributed by atoms with van der Waals surface area (Å²) in [4.78, 5) is 170. The van der Waals surface area contributed by atoms with E-state index in [4.69, 9.17) is 0 Å². The SMILES string of the molecule is C/C=C/C[C@@H](C)[C@@H](O)[C@H]1C(=O)NC(CC)C(=O)N(C)C(CO)C(=O)N(CC)C(C(C)C)C(=O)N[C@@H](C(C)C)C(=O)N(C)[C@@H](CC(C)C)C(=O)N[C@@H](C)C(=O)N[C@H](C)C(=O)N(C)[C@@H](CC(C)C)C(=O)N(C)[C@@H](CC(C)C)C(=O)N(C)[C@@H](C(C)C)C(=O)N1C. The van der Waals surface area contributed by atoms with Crippen LogP contribution in [0.15, 0.2) is 12.2 Å². The molecule has 1 saturated heterocycles. The molecule has 1 aliphatic rings. The van der Waals surface area contributed by atoms with Crippen molar-refractivity contribution in [3.63, 3.8) is 0 Å². The standard InChI is InChI=1S/C63H113N11O13/c1-25-28-29-40(16)52(76)51-56(80)66-43(26-2)58(82)71(22)47(33-75)61(85)74(27-3)49(38(12)13)55(79)67-48(37(10)11)62(86)68(19)44(30-34(4)5)54(78)64-41(17)53(77)65-42(18)57(81)69(20)45(31-35(6)7)59(83)70(21)46(32-36(8)9)60(84)72(23)50(39(14)15)63(87)73(51)24/h25,28,34-52,75-76H,26-27,29-33H2,1-24H3,(H,64,78)(H,65,77)(H,66,80)(H,67,79)/b28-25+/t40-,41+,42-,43?,44+,45+,46+,47?,48+,49?,50+,51+,52-/m1/s1. The van der Waals surface area contributed by atoms with Crippen LogP contribution < -0.4 is 21.3 Å². The summed E-state index contributed by atoms with van der Waals surface area (Å²) in [6, 6.07) is -14.4. The fourth-order valence-corrected chi connectivity index (χ4v) is 11.2. The average Bonchev–Trinajstić information content (AvgIpc) is 1.67. The monoisotopic (exact) mass is 1230 g/mol. The lowest BCUT2D eigenvalue weighted by Gasteiger charge is -2.41. The number of aliphatic hydroxyl groups is 2. The number of nitrogens with zero attached hydrogens (tertiary/aromatic N) is 7. The van der Waals surface area contributed by atoms with E-state index in [0.29, 0.717) is 0 Å². The van der Waals surface area contributed by atoms with E-state index in [9.17, 15) is 53.4 Å². The number of hydrogen-bond donors (Lipinski definition) is 6. The highest BCUT2D eigenvalue weighted by Crippen LogP contribution is 2.26. The Morgan fingerprint density at radius 1 is 0.448 bits per heavy atom. The molecule has 1 rings (SSSR count). The van der Waals surface area contributed by atoms with Gasteiger partial charge in [0.1, 0.15) is 66.5 Å². The third-order valence-corrected chi connectivity index (χ3v) is 16.6. The lowest BCUT2D eigenvalue weighted by Crippen LogP contribution is -2.64. The number of rotatable bonds is 16. The normalized spacial score (nSPS) is 27.4. The topological polar surface area (TPSA) is 299 Å². The molecule has 0 bridgehead atoms. The van der Waals surface area contributed by atoms with Crippen molar-refractivity contribution in [1.82, 2.24) is 55.6 Å². The highest BCUT2D eigenvalue weighted by atomic mass is 16.3. The predicted molar refractivity (Wildman–Crippen MR) is 334 cm³/mol. The van der Waals surface area contributed by atoms with Gasteiger partial charge >= 0.3 is 0 Å². The van der Waals surface area contributed by atoms with E-state index in [1.807, 2.05) is 41.5 Å². The fraction of sp³-hybridized carbons (Fsp3) is 0.794. The summed E-state index contributed by atoms with van der Waals surface area (Å²) in [6.07, 6.45) is 2.64. The van der Waals surface area contributed by atoms with Gasteiger partial charge in [-0.15, -0.1) is 0 Å². The van der Waals surface area contributed by atoms with Gasteiger partial charge in [-0.05, 0) is 101 Å². The number of carbonyl (C=O) groups excluding carboxylic acids is 11. The molecule has 0 aromatic carbocycles. The first-order valence-electron chi connectivity index (χ1n) is 31.3. The van der Waals surface area contributed by atoms with Crippen LogP contribution in [-0.4, -0.2) is 237 Å². The zero-order chi connectivity index (χ0) is 67.6. The first kappa shape index (κ1) is 78.8. The molecule has 0 spiro atoms. The summed E-state index contributed by atoms with van der Waals surface area (Å²) in [6.45, 7) is 29.9. The molecule has 498 valence electrons. The maximum absolute atomic E-state index is 15.2. The average molecular weight is 1230 g/mol. The fourth-order valence-electron chi connectivity index (χ4n) is 11.2. The minimum absolute atomic E-state index is 0.0620. The molecule has 11 amide bonds. The van der Waals surface area contributed by atoms with E-state index in [-0.39, 0.29) is 56.4 Å². The Hall–Kier alpha value is -6.17. The van der Waals surface area contributed by atoms with E-state index < -0.39 is 168 Å². The van der Waals surface area contributed by atoms with Gasteiger partial charge in [0.15, 0.2) is 0 Å². The second-order valence-corrected chi connectivity index (χ2v) is 26.2. The molecule has 0 aliphatic carbocycles. The largest absolute Gasteiger partial charge is 0.394 e. The lowest BCUT2D eigenvalue weighted by molar-refractivity contribution is -0.157. The van der Waals surface area contributed by atoms with Gasteiger partial charge in [0.25, 0.3) is 0 Å². The van der Waals surface area contributed by atoms with E-state index in [1.54, 1.807) is 81.4 Å². The van der Waals surface area contributed by atoms with E-state index in [1.165, 1.54) is 80.6 Å². The highest BCUT2D eigenvalue weighted by molar-refractivity contribution is 6.00. The van der Waals surface area contributed by atoms with Gasteiger partial charge in [-0.2, -0.15) is 0 Å².